The highest BCUT2D eigenvalue weighted by molar-refractivity contribution is 5.42. The summed E-state index contributed by atoms with van der Waals surface area (Å²) in [6, 6.07) is 4.07. The summed E-state index contributed by atoms with van der Waals surface area (Å²) < 4.78 is 14.0. The average Bonchev–Trinajstić information content (AvgIpc) is 2.24. The van der Waals surface area contributed by atoms with Gasteiger partial charge in [-0.05, 0) is 12.8 Å². The van der Waals surface area contributed by atoms with Crippen LogP contribution in [0.5, 0.6) is 0 Å². The van der Waals surface area contributed by atoms with E-state index in [0.717, 1.165) is 6.07 Å². The number of aliphatic hydroxyl groups excluding tert-OH is 1. The van der Waals surface area contributed by atoms with Crippen LogP contribution in [0.1, 0.15) is 18.4 Å². The largest absolute Gasteiger partial charge is 0.393 e. The first-order valence-corrected chi connectivity index (χ1v) is 5.32. The van der Waals surface area contributed by atoms with Gasteiger partial charge >= 0.3 is 5.69 Å². The van der Waals surface area contributed by atoms with Crippen LogP contribution in [0.25, 0.3) is 0 Å². The molecule has 0 aliphatic heterocycles. The van der Waals surface area contributed by atoms with Crippen molar-refractivity contribution < 1.29 is 14.4 Å². The van der Waals surface area contributed by atoms with Crippen molar-refractivity contribution in [3.05, 3.63) is 39.7 Å². The van der Waals surface area contributed by atoms with Crippen LogP contribution in [0.15, 0.2) is 18.2 Å². The number of hydrogen-bond donors (Lipinski definition) is 2. The first-order chi connectivity index (χ1) is 8.00. The molecule has 0 spiro atoms. The van der Waals surface area contributed by atoms with Gasteiger partial charge in [0.25, 0.3) is 0 Å². The summed E-state index contributed by atoms with van der Waals surface area (Å²) in [5.41, 5.74) is 4.64. The van der Waals surface area contributed by atoms with Crippen molar-refractivity contribution in [3.8, 4) is 0 Å². The lowest BCUT2D eigenvalue weighted by Crippen LogP contribution is -2.50. The molecule has 0 saturated heterocycles. The fraction of sp³-hybridized carbons (Fsp3) is 0.455. The summed E-state index contributed by atoms with van der Waals surface area (Å²) in [5, 5.41) is 20.0. The molecule has 1 aromatic carbocycles. The topological polar surface area (TPSA) is 89.4 Å². The van der Waals surface area contributed by atoms with Crippen molar-refractivity contribution in [1.82, 2.24) is 0 Å². The maximum Gasteiger partial charge on any atom is 0.305 e. The molecule has 6 heteroatoms. The minimum absolute atomic E-state index is 0.169. The van der Waals surface area contributed by atoms with E-state index in [1.54, 1.807) is 0 Å². The molecule has 0 aromatic heterocycles. The van der Waals surface area contributed by atoms with E-state index in [4.69, 9.17) is 5.73 Å². The number of hydrogen-bond acceptors (Lipinski definition) is 4. The van der Waals surface area contributed by atoms with Gasteiger partial charge in [0.2, 0.25) is 5.82 Å². The predicted octanol–water partition coefficient (Wildman–Crippen LogP) is 1.09. The molecule has 1 fully saturated rings. The van der Waals surface area contributed by atoms with E-state index >= 15 is 0 Å². The second kappa shape index (κ2) is 4.05. The van der Waals surface area contributed by atoms with Crippen LogP contribution in [0.4, 0.5) is 10.1 Å². The van der Waals surface area contributed by atoms with Gasteiger partial charge < -0.3 is 10.8 Å². The summed E-state index contributed by atoms with van der Waals surface area (Å²) in [7, 11) is 0. The first-order valence-electron chi connectivity index (χ1n) is 5.32. The van der Waals surface area contributed by atoms with Crippen LogP contribution in [0.3, 0.4) is 0 Å². The van der Waals surface area contributed by atoms with Gasteiger partial charge in [-0.3, -0.25) is 10.1 Å². The highest BCUT2D eigenvalue weighted by Crippen LogP contribution is 2.45. The Labute approximate surface area is 97.2 Å². The number of nitro groups is 1. The van der Waals surface area contributed by atoms with Crippen molar-refractivity contribution >= 4 is 5.69 Å². The molecule has 92 valence electrons. The van der Waals surface area contributed by atoms with Crippen molar-refractivity contribution in [1.29, 1.82) is 0 Å². The van der Waals surface area contributed by atoms with Gasteiger partial charge in [0.1, 0.15) is 0 Å². The molecule has 0 radical (unpaired) electrons. The highest BCUT2D eigenvalue weighted by atomic mass is 19.1. The Morgan fingerprint density at radius 2 is 2.24 bits per heavy atom. The van der Waals surface area contributed by atoms with Gasteiger partial charge in [0, 0.05) is 23.6 Å². The van der Waals surface area contributed by atoms with E-state index in [0.29, 0.717) is 12.8 Å². The number of aliphatic hydroxyl groups is 1. The van der Waals surface area contributed by atoms with Crippen molar-refractivity contribution in [2.24, 2.45) is 5.73 Å². The van der Waals surface area contributed by atoms with Crippen LogP contribution in [0.2, 0.25) is 0 Å². The van der Waals surface area contributed by atoms with Gasteiger partial charge in [0.05, 0.1) is 11.0 Å². The van der Waals surface area contributed by atoms with Crippen LogP contribution in [-0.2, 0) is 5.41 Å². The van der Waals surface area contributed by atoms with E-state index in [-0.39, 0.29) is 12.1 Å². The number of nitrogens with two attached hydrogens (primary N) is 1. The third-order valence-corrected chi connectivity index (χ3v) is 3.39. The van der Waals surface area contributed by atoms with Crippen molar-refractivity contribution in [3.63, 3.8) is 0 Å². The molecular weight excluding hydrogens is 227 g/mol. The van der Waals surface area contributed by atoms with Gasteiger partial charge in [0.15, 0.2) is 0 Å². The number of nitro benzene ring substituents is 1. The molecule has 5 nitrogen and oxygen atoms in total. The summed E-state index contributed by atoms with van der Waals surface area (Å²) in [6.45, 7) is 0.169. The third-order valence-electron chi connectivity index (χ3n) is 3.39. The minimum Gasteiger partial charge on any atom is -0.393 e. The number of rotatable bonds is 3. The molecular formula is C11H13FN2O3. The van der Waals surface area contributed by atoms with Crippen molar-refractivity contribution in [2.75, 3.05) is 6.54 Å². The lowest BCUT2D eigenvalue weighted by Gasteiger charge is -2.45. The Balaban J connectivity index is 2.45. The minimum atomic E-state index is -0.838. The van der Waals surface area contributed by atoms with E-state index in [9.17, 15) is 19.6 Å². The molecule has 1 aliphatic carbocycles. The van der Waals surface area contributed by atoms with Gasteiger partial charge in [-0.2, -0.15) is 4.39 Å². The smallest absolute Gasteiger partial charge is 0.305 e. The summed E-state index contributed by atoms with van der Waals surface area (Å²) in [6.07, 6.45) is 0.195. The Kier molecular flexibility index (Phi) is 2.84. The zero-order chi connectivity index (χ0) is 12.6. The molecule has 0 unspecified atom stereocenters. The number of benzene rings is 1. The van der Waals surface area contributed by atoms with Crippen LogP contribution >= 0.6 is 0 Å². The zero-order valence-corrected chi connectivity index (χ0v) is 9.10. The van der Waals surface area contributed by atoms with Gasteiger partial charge in [-0.15, -0.1) is 0 Å². The van der Waals surface area contributed by atoms with E-state index in [1.807, 2.05) is 0 Å². The molecule has 0 amide bonds. The Bertz CT molecular complexity index is 458. The maximum absolute atomic E-state index is 14.0. The van der Waals surface area contributed by atoms with Crippen LogP contribution < -0.4 is 5.73 Å². The zero-order valence-electron chi connectivity index (χ0n) is 9.10. The normalized spacial score (nSPS) is 27.6. The summed E-state index contributed by atoms with van der Waals surface area (Å²) in [5.74, 6) is -0.838. The molecule has 0 bridgehead atoms. The van der Waals surface area contributed by atoms with Gasteiger partial charge in [-0.25, -0.2) is 0 Å². The highest BCUT2D eigenvalue weighted by Gasteiger charge is 2.46. The van der Waals surface area contributed by atoms with E-state index in [1.165, 1.54) is 12.1 Å². The molecule has 0 heterocycles. The maximum atomic E-state index is 14.0. The molecule has 2 rings (SSSR count). The quantitative estimate of drug-likeness (QED) is 0.611. The molecule has 3 N–H and O–H groups in total. The Hall–Kier alpha value is -1.53. The van der Waals surface area contributed by atoms with Crippen LogP contribution in [0, 0.1) is 15.9 Å². The Morgan fingerprint density at radius 1 is 1.59 bits per heavy atom. The predicted molar refractivity (Wildman–Crippen MR) is 59.0 cm³/mol. The Morgan fingerprint density at radius 3 is 2.71 bits per heavy atom. The molecule has 1 saturated carbocycles. The van der Waals surface area contributed by atoms with E-state index < -0.39 is 27.9 Å². The molecule has 0 atom stereocenters. The average molecular weight is 240 g/mol. The van der Waals surface area contributed by atoms with Crippen molar-refractivity contribution in [2.45, 2.75) is 24.4 Å². The fourth-order valence-electron chi connectivity index (χ4n) is 2.41. The molecule has 1 aromatic rings. The van der Waals surface area contributed by atoms with E-state index in [2.05, 4.69) is 0 Å². The fourth-order valence-corrected chi connectivity index (χ4v) is 2.41. The van der Waals surface area contributed by atoms with Crippen LogP contribution in [-0.4, -0.2) is 22.7 Å². The summed E-state index contributed by atoms with van der Waals surface area (Å²) >= 11 is 0. The van der Waals surface area contributed by atoms with Gasteiger partial charge in [-0.1, -0.05) is 12.1 Å². The lowest BCUT2D eigenvalue weighted by atomic mass is 9.62. The number of nitrogens with zero attached hydrogens (tertiary/aromatic N) is 1. The second-order valence-electron chi connectivity index (χ2n) is 4.44. The third kappa shape index (κ3) is 1.79. The summed E-state index contributed by atoms with van der Waals surface area (Å²) in [4.78, 5) is 9.89. The second-order valence-corrected chi connectivity index (χ2v) is 4.44. The molecule has 1 aliphatic rings. The monoisotopic (exact) mass is 240 g/mol. The lowest BCUT2D eigenvalue weighted by molar-refractivity contribution is -0.387. The standard InChI is InChI=1S/C11H13FN2O3/c12-10-8(2-1-3-9(10)14(16)17)11(6-13)4-7(15)5-11/h1-3,7,15H,4-6,13H2. The number of halogens is 1. The molecule has 17 heavy (non-hydrogen) atoms. The SMILES string of the molecule is NCC1(c2cccc([N+](=O)[O-])c2F)CC(O)C1. The first kappa shape index (κ1) is 11.9.